The SMILES string of the molecule is C[C@H](OC(=O)c1ccco1)C(=O)Nc1cccc(Cl)c1. The van der Waals surface area contributed by atoms with Crippen molar-refractivity contribution >= 4 is 29.2 Å². The summed E-state index contributed by atoms with van der Waals surface area (Å²) < 4.78 is 9.87. The first-order chi connectivity index (χ1) is 9.56. The highest BCUT2D eigenvalue weighted by Gasteiger charge is 2.20. The summed E-state index contributed by atoms with van der Waals surface area (Å²) >= 11 is 5.81. The summed E-state index contributed by atoms with van der Waals surface area (Å²) in [6.45, 7) is 1.47. The molecule has 0 aliphatic carbocycles. The zero-order valence-electron chi connectivity index (χ0n) is 10.6. The van der Waals surface area contributed by atoms with E-state index in [4.69, 9.17) is 20.8 Å². The molecule has 1 amide bonds. The first-order valence-corrected chi connectivity index (χ1v) is 6.25. The average molecular weight is 294 g/mol. The number of anilines is 1. The Bertz CT molecular complexity index is 609. The number of esters is 1. The third kappa shape index (κ3) is 3.61. The number of carbonyl (C=O) groups is 2. The topological polar surface area (TPSA) is 68.5 Å². The van der Waals surface area contributed by atoms with Crippen LogP contribution in [0.25, 0.3) is 0 Å². The standard InChI is InChI=1S/C14H12ClNO4/c1-9(20-14(18)12-6-3-7-19-12)13(17)16-11-5-2-4-10(15)8-11/h2-9H,1H3,(H,16,17)/t9-/m0/s1. The number of amides is 1. The molecule has 0 saturated carbocycles. The van der Waals surface area contributed by atoms with Gasteiger partial charge in [0, 0.05) is 10.7 Å². The molecule has 2 aromatic rings. The lowest BCUT2D eigenvalue weighted by Gasteiger charge is -2.12. The van der Waals surface area contributed by atoms with Crippen LogP contribution in [0.2, 0.25) is 5.02 Å². The van der Waals surface area contributed by atoms with Gasteiger partial charge in [0.25, 0.3) is 5.91 Å². The Morgan fingerprint density at radius 2 is 2.10 bits per heavy atom. The van der Waals surface area contributed by atoms with Crippen molar-refractivity contribution in [3.05, 3.63) is 53.4 Å². The Kier molecular flexibility index (Phi) is 4.42. The number of nitrogens with one attached hydrogen (secondary N) is 1. The third-order valence-corrected chi connectivity index (χ3v) is 2.70. The van der Waals surface area contributed by atoms with Crippen molar-refractivity contribution in [2.24, 2.45) is 0 Å². The molecule has 1 aromatic carbocycles. The van der Waals surface area contributed by atoms with Crippen LogP contribution in [0.5, 0.6) is 0 Å². The fraction of sp³-hybridized carbons (Fsp3) is 0.143. The minimum Gasteiger partial charge on any atom is -0.457 e. The molecule has 1 atom stereocenters. The molecule has 1 N–H and O–H groups in total. The Labute approximate surface area is 120 Å². The first kappa shape index (κ1) is 14.1. The van der Waals surface area contributed by atoms with Gasteiger partial charge >= 0.3 is 5.97 Å². The van der Waals surface area contributed by atoms with Crippen LogP contribution in [0.15, 0.2) is 47.1 Å². The molecular formula is C14H12ClNO4. The third-order valence-electron chi connectivity index (χ3n) is 2.47. The summed E-state index contributed by atoms with van der Waals surface area (Å²) in [5, 5.41) is 3.10. The second kappa shape index (κ2) is 6.25. The lowest BCUT2D eigenvalue weighted by Crippen LogP contribution is -2.29. The largest absolute Gasteiger partial charge is 0.457 e. The van der Waals surface area contributed by atoms with Crippen molar-refractivity contribution in [3.8, 4) is 0 Å². The van der Waals surface area contributed by atoms with Gasteiger partial charge in [-0.2, -0.15) is 0 Å². The normalized spacial score (nSPS) is 11.7. The monoisotopic (exact) mass is 293 g/mol. The number of benzene rings is 1. The van der Waals surface area contributed by atoms with E-state index in [0.717, 1.165) is 0 Å². The van der Waals surface area contributed by atoms with Crippen LogP contribution in [0.4, 0.5) is 5.69 Å². The molecule has 0 aliphatic rings. The van der Waals surface area contributed by atoms with Crippen molar-refractivity contribution in [2.75, 3.05) is 5.32 Å². The van der Waals surface area contributed by atoms with E-state index in [1.807, 2.05) is 0 Å². The van der Waals surface area contributed by atoms with E-state index in [-0.39, 0.29) is 5.76 Å². The summed E-state index contributed by atoms with van der Waals surface area (Å²) in [6, 6.07) is 9.71. The number of furan rings is 1. The number of ether oxygens (including phenoxy) is 1. The van der Waals surface area contributed by atoms with Crippen LogP contribution in [-0.2, 0) is 9.53 Å². The van der Waals surface area contributed by atoms with Gasteiger partial charge in [-0.1, -0.05) is 17.7 Å². The molecule has 0 radical (unpaired) electrons. The van der Waals surface area contributed by atoms with Crippen LogP contribution < -0.4 is 5.32 Å². The van der Waals surface area contributed by atoms with Gasteiger partial charge in [0.15, 0.2) is 6.10 Å². The van der Waals surface area contributed by atoms with Crippen molar-refractivity contribution in [1.29, 1.82) is 0 Å². The molecule has 0 fully saturated rings. The van der Waals surface area contributed by atoms with Crippen LogP contribution in [0.1, 0.15) is 17.5 Å². The highest BCUT2D eigenvalue weighted by atomic mass is 35.5. The average Bonchev–Trinajstić information content (AvgIpc) is 2.92. The lowest BCUT2D eigenvalue weighted by molar-refractivity contribution is -0.123. The molecule has 0 spiro atoms. The Hall–Kier alpha value is -2.27. The summed E-state index contributed by atoms with van der Waals surface area (Å²) in [5.74, 6) is -1.09. The van der Waals surface area contributed by atoms with Crippen molar-refractivity contribution in [2.45, 2.75) is 13.0 Å². The summed E-state index contributed by atoms with van der Waals surface area (Å²) in [5.41, 5.74) is 0.531. The second-order valence-electron chi connectivity index (χ2n) is 4.02. The Balaban J connectivity index is 1.94. The van der Waals surface area contributed by atoms with Gasteiger partial charge in [-0.25, -0.2) is 4.79 Å². The Morgan fingerprint density at radius 3 is 2.75 bits per heavy atom. The number of hydrogen-bond acceptors (Lipinski definition) is 4. The maximum absolute atomic E-state index is 11.9. The summed E-state index contributed by atoms with van der Waals surface area (Å²) in [4.78, 5) is 23.5. The highest BCUT2D eigenvalue weighted by molar-refractivity contribution is 6.30. The van der Waals surface area contributed by atoms with Gasteiger partial charge in [-0.3, -0.25) is 4.79 Å². The molecule has 0 saturated heterocycles. The van der Waals surface area contributed by atoms with Crippen LogP contribution in [0, 0.1) is 0 Å². The van der Waals surface area contributed by atoms with Crippen LogP contribution in [-0.4, -0.2) is 18.0 Å². The molecule has 20 heavy (non-hydrogen) atoms. The fourth-order valence-electron chi connectivity index (χ4n) is 1.48. The molecule has 2 rings (SSSR count). The zero-order valence-corrected chi connectivity index (χ0v) is 11.4. The van der Waals surface area contributed by atoms with Gasteiger partial charge in [-0.15, -0.1) is 0 Å². The zero-order chi connectivity index (χ0) is 14.5. The van der Waals surface area contributed by atoms with Gasteiger partial charge in [-0.05, 0) is 37.3 Å². The van der Waals surface area contributed by atoms with Gasteiger partial charge in [0.2, 0.25) is 5.76 Å². The maximum Gasteiger partial charge on any atom is 0.374 e. The van der Waals surface area contributed by atoms with E-state index in [1.165, 1.54) is 19.3 Å². The molecule has 104 valence electrons. The second-order valence-corrected chi connectivity index (χ2v) is 4.46. The minimum absolute atomic E-state index is 0.0485. The van der Waals surface area contributed by atoms with E-state index in [2.05, 4.69) is 5.32 Å². The fourth-order valence-corrected chi connectivity index (χ4v) is 1.67. The van der Waals surface area contributed by atoms with Crippen molar-refractivity contribution in [1.82, 2.24) is 0 Å². The van der Waals surface area contributed by atoms with Crippen LogP contribution in [0.3, 0.4) is 0 Å². The molecular weight excluding hydrogens is 282 g/mol. The van der Waals surface area contributed by atoms with E-state index >= 15 is 0 Å². The molecule has 1 heterocycles. The number of rotatable bonds is 4. The highest BCUT2D eigenvalue weighted by Crippen LogP contribution is 2.15. The van der Waals surface area contributed by atoms with Crippen LogP contribution >= 0.6 is 11.6 Å². The number of carbonyl (C=O) groups excluding carboxylic acids is 2. The predicted octanol–water partition coefficient (Wildman–Crippen LogP) is 3.12. The number of hydrogen-bond donors (Lipinski definition) is 1. The van der Waals surface area contributed by atoms with Crippen molar-refractivity contribution in [3.63, 3.8) is 0 Å². The summed E-state index contributed by atoms with van der Waals surface area (Å²) in [6.07, 6.45) is 0.402. The quantitative estimate of drug-likeness (QED) is 0.879. The maximum atomic E-state index is 11.9. The van der Waals surface area contributed by atoms with Crippen molar-refractivity contribution < 1.29 is 18.7 Å². The molecule has 5 nitrogen and oxygen atoms in total. The smallest absolute Gasteiger partial charge is 0.374 e. The predicted molar refractivity (Wildman–Crippen MR) is 73.7 cm³/mol. The minimum atomic E-state index is -0.952. The Morgan fingerprint density at radius 1 is 1.30 bits per heavy atom. The number of halogens is 1. The molecule has 0 unspecified atom stereocenters. The van der Waals surface area contributed by atoms with E-state index < -0.39 is 18.0 Å². The lowest BCUT2D eigenvalue weighted by atomic mass is 10.3. The molecule has 1 aromatic heterocycles. The molecule has 6 heteroatoms. The molecule has 0 aliphatic heterocycles. The summed E-state index contributed by atoms with van der Waals surface area (Å²) in [7, 11) is 0. The van der Waals surface area contributed by atoms with E-state index in [9.17, 15) is 9.59 Å². The first-order valence-electron chi connectivity index (χ1n) is 5.87. The molecule has 0 bridgehead atoms. The van der Waals surface area contributed by atoms with Gasteiger partial charge in [0.1, 0.15) is 0 Å². The van der Waals surface area contributed by atoms with E-state index in [0.29, 0.717) is 10.7 Å². The van der Waals surface area contributed by atoms with E-state index in [1.54, 1.807) is 30.3 Å². The van der Waals surface area contributed by atoms with Gasteiger partial charge < -0.3 is 14.5 Å². The van der Waals surface area contributed by atoms with Gasteiger partial charge in [0.05, 0.1) is 6.26 Å².